The summed E-state index contributed by atoms with van der Waals surface area (Å²) in [5.74, 6) is 0.571. The number of pyridine rings is 1. The number of nitrogen functional groups attached to an aromatic ring is 1. The van der Waals surface area contributed by atoms with Gasteiger partial charge in [0.25, 0.3) is 5.91 Å². The number of para-hydroxylation sites is 1. The number of aromatic nitrogens is 1. The van der Waals surface area contributed by atoms with Gasteiger partial charge < -0.3 is 15.8 Å². The molecule has 2 aromatic heterocycles. The van der Waals surface area contributed by atoms with Crippen LogP contribution in [-0.2, 0) is 0 Å². The number of ether oxygens (including phenoxy) is 1. The van der Waals surface area contributed by atoms with Crippen LogP contribution in [0.4, 0.5) is 11.4 Å². The third kappa shape index (κ3) is 3.30. The van der Waals surface area contributed by atoms with E-state index < -0.39 is 0 Å². The smallest absolute Gasteiger partial charge is 0.267 e. The van der Waals surface area contributed by atoms with Gasteiger partial charge in [-0.15, -0.1) is 11.3 Å². The zero-order chi connectivity index (χ0) is 19.7. The normalized spacial score (nSPS) is 10.8. The van der Waals surface area contributed by atoms with Gasteiger partial charge in [-0.1, -0.05) is 18.2 Å². The zero-order valence-electron chi connectivity index (χ0n) is 15.5. The second kappa shape index (κ2) is 7.32. The van der Waals surface area contributed by atoms with Crippen LogP contribution in [0.15, 0.2) is 60.7 Å². The Labute approximate surface area is 166 Å². The first kappa shape index (κ1) is 18.0. The molecule has 28 heavy (non-hydrogen) atoms. The number of fused-ring (bicyclic) bond motifs is 1. The van der Waals surface area contributed by atoms with Crippen LogP contribution in [0, 0.1) is 6.92 Å². The monoisotopic (exact) mass is 389 g/mol. The minimum atomic E-state index is -0.221. The van der Waals surface area contributed by atoms with Crippen molar-refractivity contribution in [2.75, 3.05) is 18.2 Å². The van der Waals surface area contributed by atoms with Gasteiger partial charge >= 0.3 is 0 Å². The fourth-order valence-corrected chi connectivity index (χ4v) is 3.97. The highest BCUT2D eigenvalue weighted by Gasteiger charge is 2.18. The number of aryl methyl sites for hydroxylation is 1. The van der Waals surface area contributed by atoms with E-state index in [-0.39, 0.29) is 5.91 Å². The zero-order valence-corrected chi connectivity index (χ0v) is 16.3. The van der Waals surface area contributed by atoms with Crippen molar-refractivity contribution in [3.05, 3.63) is 71.1 Å². The molecule has 0 radical (unpaired) electrons. The molecule has 2 heterocycles. The number of rotatable bonds is 4. The summed E-state index contributed by atoms with van der Waals surface area (Å²) in [7, 11) is 1.64. The van der Waals surface area contributed by atoms with E-state index in [9.17, 15) is 4.79 Å². The van der Waals surface area contributed by atoms with Crippen LogP contribution in [-0.4, -0.2) is 18.0 Å². The Balaban J connectivity index is 1.68. The third-order valence-electron chi connectivity index (χ3n) is 4.58. The molecular weight excluding hydrogens is 370 g/mol. The molecule has 0 saturated heterocycles. The number of benzene rings is 2. The lowest BCUT2D eigenvalue weighted by molar-refractivity contribution is 0.103. The van der Waals surface area contributed by atoms with Crippen LogP contribution in [0.5, 0.6) is 5.75 Å². The highest BCUT2D eigenvalue weighted by molar-refractivity contribution is 7.21. The van der Waals surface area contributed by atoms with Gasteiger partial charge in [-0.2, -0.15) is 0 Å². The van der Waals surface area contributed by atoms with Crippen LogP contribution < -0.4 is 15.8 Å². The maximum atomic E-state index is 12.8. The number of nitrogens with zero attached hydrogens (tertiary/aromatic N) is 1. The summed E-state index contributed by atoms with van der Waals surface area (Å²) in [6.45, 7) is 1.95. The molecule has 140 valence electrons. The van der Waals surface area contributed by atoms with Crippen molar-refractivity contribution < 1.29 is 9.53 Å². The molecule has 6 heteroatoms. The van der Waals surface area contributed by atoms with Crippen molar-refractivity contribution in [1.29, 1.82) is 0 Å². The Morgan fingerprint density at radius 2 is 1.82 bits per heavy atom. The molecule has 5 nitrogen and oxygen atoms in total. The molecule has 0 aliphatic heterocycles. The number of carbonyl (C=O) groups excluding carboxylic acids is 1. The van der Waals surface area contributed by atoms with Crippen LogP contribution in [0.1, 0.15) is 15.2 Å². The molecule has 0 saturated carbocycles. The number of nitrogens with one attached hydrogen (secondary N) is 1. The summed E-state index contributed by atoms with van der Waals surface area (Å²) < 4.78 is 5.20. The maximum Gasteiger partial charge on any atom is 0.267 e. The van der Waals surface area contributed by atoms with E-state index in [0.29, 0.717) is 10.6 Å². The summed E-state index contributed by atoms with van der Waals surface area (Å²) in [6.07, 6.45) is 0. The van der Waals surface area contributed by atoms with Crippen LogP contribution in [0.25, 0.3) is 21.5 Å². The van der Waals surface area contributed by atoms with E-state index in [0.717, 1.165) is 38.5 Å². The first-order chi connectivity index (χ1) is 13.6. The highest BCUT2D eigenvalue weighted by atomic mass is 32.1. The Kier molecular flexibility index (Phi) is 4.71. The molecule has 0 bridgehead atoms. The third-order valence-corrected chi connectivity index (χ3v) is 5.69. The number of methoxy groups -OCH3 is 1. The topological polar surface area (TPSA) is 77.2 Å². The molecule has 0 atom stereocenters. The highest BCUT2D eigenvalue weighted by Crippen LogP contribution is 2.35. The minimum Gasteiger partial charge on any atom is -0.497 e. The molecule has 2 aromatic carbocycles. The van der Waals surface area contributed by atoms with Crippen LogP contribution >= 0.6 is 11.3 Å². The van der Waals surface area contributed by atoms with Gasteiger partial charge in [-0.3, -0.25) is 4.79 Å². The lowest BCUT2D eigenvalue weighted by Crippen LogP contribution is -2.12. The Morgan fingerprint density at radius 1 is 1.07 bits per heavy atom. The van der Waals surface area contributed by atoms with Gasteiger partial charge in [0.15, 0.2) is 0 Å². The molecule has 0 unspecified atom stereocenters. The fourth-order valence-electron chi connectivity index (χ4n) is 2.98. The lowest BCUT2D eigenvalue weighted by Gasteiger charge is -2.07. The Bertz CT molecular complexity index is 1170. The van der Waals surface area contributed by atoms with Gasteiger partial charge in [0, 0.05) is 16.6 Å². The quantitative estimate of drug-likeness (QED) is 0.508. The number of carbonyl (C=O) groups is 1. The molecule has 0 aliphatic carbocycles. The minimum absolute atomic E-state index is 0.221. The molecule has 0 aliphatic rings. The molecule has 4 aromatic rings. The van der Waals surface area contributed by atoms with Crippen molar-refractivity contribution in [2.24, 2.45) is 0 Å². The maximum absolute atomic E-state index is 12.8. The van der Waals surface area contributed by atoms with E-state index in [1.807, 2.05) is 67.6 Å². The van der Waals surface area contributed by atoms with Crippen molar-refractivity contribution in [3.8, 4) is 17.0 Å². The molecule has 1 amide bonds. The van der Waals surface area contributed by atoms with Crippen molar-refractivity contribution >= 4 is 38.8 Å². The fraction of sp³-hybridized carbons (Fsp3) is 0.0909. The van der Waals surface area contributed by atoms with E-state index >= 15 is 0 Å². The van der Waals surface area contributed by atoms with Gasteiger partial charge in [-0.25, -0.2) is 4.98 Å². The van der Waals surface area contributed by atoms with Gasteiger partial charge in [0.05, 0.1) is 18.5 Å². The van der Waals surface area contributed by atoms with E-state index in [2.05, 4.69) is 5.32 Å². The SMILES string of the molecule is COc1ccc(-c2ccc3c(N)c(C(=O)Nc4ccccc4C)sc3n2)cc1. The number of thiophene rings is 1. The lowest BCUT2D eigenvalue weighted by atomic mass is 10.1. The standard InChI is InChI=1S/C22H19N3O2S/c1-13-5-3-4-6-17(13)24-21(26)20-19(23)16-11-12-18(25-22(16)28-20)14-7-9-15(27-2)10-8-14/h3-12H,23H2,1-2H3,(H,24,26). The summed E-state index contributed by atoms with van der Waals surface area (Å²) in [4.78, 5) is 18.7. The Morgan fingerprint density at radius 3 is 2.54 bits per heavy atom. The summed E-state index contributed by atoms with van der Waals surface area (Å²) >= 11 is 1.30. The number of anilines is 2. The van der Waals surface area contributed by atoms with E-state index in [1.165, 1.54) is 11.3 Å². The number of hydrogen-bond donors (Lipinski definition) is 2. The first-order valence-corrected chi connectivity index (χ1v) is 9.59. The summed E-state index contributed by atoms with van der Waals surface area (Å²) in [6, 6.07) is 19.2. The second-order valence-corrected chi connectivity index (χ2v) is 7.39. The average molecular weight is 389 g/mol. The largest absolute Gasteiger partial charge is 0.497 e. The van der Waals surface area contributed by atoms with Crippen molar-refractivity contribution in [2.45, 2.75) is 6.92 Å². The molecular formula is C22H19N3O2S. The van der Waals surface area contributed by atoms with Gasteiger partial charge in [-0.05, 0) is 55.0 Å². The van der Waals surface area contributed by atoms with Gasteiger partial charge in [0.1, 0.15) is 15.5 Å². The molecule has 0 fully saturated rings. The van der Waals surface area contributed by atoms with Crippen molar-refractivity contribution in [1.82, 2.24) is 4.98 Å². The van der Waals surface area contributed by atoms with E-state index in [4.69, 9.17) is 15.5 Å². The van der Waals surface area contributed by atoms with E-state index in [1.54, 1.807) is 7.11 Å². The van der Waals surface area contributed by atoms with Gasteiger partial charge in [0.2, 0.25) is 0 Å². The number of hydrogen-bond acceptors (Lipinski definition) is 5. The predicted octanol–water partition coefficient (Wildman–Crippen LogP) is 5.11. The molecule has 0 spiro atoms. The van der Waals surface area contributed by atoms with Crippen molar-refractivity contribution in [3.63, 3.8) is 0 Å². The Hall–Kier alpha value is -3.38. The summed E-state index contributed by atoms with van der Waals surface area (Å²) in [5.41, 5.74) is 10.3. The van der Waals surface area contributed by atoms with Crippen LogP contribution in [0.3, 0.4) is 0 Å². The predicted molar refractivity (Wildman–Crippen MR) is 115 cm³/mol. The number of nitrogens with two attached hydrogens (primary N) is 1. The average Bonchev–Trinajstić information content (AvgIpc) is 3.06. The molecule has 3 N–H and O–H groups in total. The first-order valence-electron chi connectivity index (χ1n) is 8.77. The van der Waals surface area contributed by atoms with Crippen LogP contribution in [0.2, 0.25) is 0 Å². The number of amides is 1. The summed E-state index contributed by atoms with van der Waals surface area (Å²) in [5, 5.41) is 3.73. The molecule has 4 rings (SSSR count). The second-order valence-electron chi connectivity index (χ2n) is 6.39.